The number of benzene rings is 2. The van der Waals surface area contributed by atoms with Crippen LogP contribution in [0.25, 0.3) is 10.8 Å². The molecule has 0 unspecified atom stereocenters. The van der Waals surface area contributed by atoms with Gasteiger partial charge in [0.15, 0.2) is 0 Å². The van der Waals surface area contributed by atoms with Crippen LogP contribution in [0.2, 0.25) is 0 Å². The molecule has 1 aromatic heterocycles. The third-order valence-electron chi connectivity index (χ3n) is 4.20. The van der Waals surface area contributed by atoms with Gasteiger partial charge in [-0.1, -0.05) is 29.4 Å². The van der Waals surface area contributed by atoms with Crippen molar-refractivity contribution in [2.45, 2.75) is 18.7 Å². The average molecular weight is 403 g/mol. The molecule has 0 saturated carbocycles. The minimum absolute atomic E-state index is 0.0420. The van der Waals surface area contributed by atoms with E-state index in [9.17, 15) is 13.2 Å². The number of fused-ring (bicyclic) bond motifs is 1. The molecule has 1 heterocycles. The molecular formula is C19H21N3O5S. The Kier molecular flexibility index (Phi) is 5.28. The minimum atomic E-state index is -4.05. The first-order valence-electron chi connectivity index (χ1n) is 8.61. The van der Waals surface area contributed by atoms with Gasteiger partial charge in [-0.25, -0.2) is 17.9 Å². The molecule has 0 saturated heterocycles. The van der Waals surface area contributed by atoms with Crippen LogP contribution in [0.15, 0.2) is 45.8 Å². The van der Waals surface area contributed by atoms with Gasteiger partial charge in [-0.3, -0.25) is 0 Å². The van der Waals surface area contributed by atoms with E-state index >= 15 is 0 Å². The number of ether oxygens (including phenoxy) is 1. The summed E-state index contributed by atoms with van der Waals surface area (Å²) in [5.41, 5.74) is 1.08. The fourth-order valence-corrected chi connectivity index (χ4v) is 4.17. The molecule has 0 spiro atoms. The van der Waals surface area contributed by atoms with Gasteiger partial charge in [0.25, 0.3) is 15.9 Å². The van der Waals surface area contributed by atoms with E-state index in [1.807, 2.05) is 31.1 Å². The number of rotatable bonds is 6. The van der Waals surface area contributed by atoms with Gasteiger partial charge in [0.1, 0.15) is 5.56 Å². The molecular weight excluding hydrogens is 382 g/mol. The van der Waals surface area contributed by atoms with Crippen molar-refractivity contribution in [2.24, 2.45) is 0 Å². The molecule has 0 aliphatic carbocycles. The predicted octanol–water partition coefficient (Wildman–Crippen LogP) is 3.18. The molecule has 0 bridgehead atoms. The molecule has 148 valence electrons. The Morgan fingerprint density at radius 3 is 2.54 bits per heavy atom. The van der Waals surface area contributed by atoms with Crippen LogP contribution < -0.4 is 9.62 Å². The highest BCUT2D eigenvalue weighted by Crippen LogP contribution is 2.32. The summed E-state index contributed by atoms with van der Waals surface area (Å²) in [5, 5.41) is 5.03. The molecule has 28 heavy (non-hydrogen) atoms. The van der Waals surface area contributed by atoms with E-state index in [2.05, 4.69) is 9.88 Å². The highest BCUT2D eigenvalue weighted by atomic mass is 32.2. The van der Waals surface area contributed by atoms with Gasteiger partial charge < -0.3 is 14.2 Å². The zero-order valence-electron chi connectivity index (χ0n) is 16.0. The first kappa shape index (κ1) is 19.7. The summed E-state index contributed by atoms with van der Waals surface area (Å²) in [6.07, 6.45) is 0. The van der Waals surface area contributed by atoms with Crippen LogP contribution in [0, 0.1) is 6.92 Å². The quantitative estimate of drug-likeness (QED) is 0.631. The first-order valence-corrected chi connectivity index (χ1v) is 10.1. The van der Waals surface area contributed by atoms with Gasteiger partial charge in [0.05, 0.1) is 17.2 Å². The minimum Gasteiger partial charge on any atom is -0.462 e. The maximum atomic E-state index is 13.1. The number of aromatic nitrogens is 1. The van der Waals surface area contributed by atoms with Gasteiger partial charge in [0.2, 0.25) is 0 Å². The largest absolute Gasteiger partial charge is 0.462 e. The van der Waals surface area contributed by atoms with E-state index in [-0.39, 0.29) is 28.6 Å². The SMILES string of the molecule is CCOC(=O)c1c(C)noc1NS(=O)(=O)c1cccc2c(N(C)C)cccc12. The third kappa shape index (κ3) is 3.53. The number of hydrogen-bond acceptors (Lipinski definition) is 7. The number of carbonyl (C=O) groups excluding carboxylic acids is 1. The van der Waals surface area contributed by atoms with E-state index < -0.39 is 16.0 Å². The van der Waals surface area contributed by atoms with Crippen LogP contribution >= 0.6 is 0 Å². The lowest BCUT2D eigenvalue weighted by Crippen LogP contribution is -2.16. The van der Waals surface area contributed by atoms with E-state index in [1.165, 1.54) is 13.0 Å². The molecule has 8 nitrogen and oxygen atoms in total. The summed E-state index contributed by atoms with van der Waals surface area (Å²) < 4.78 is 38.5. The fourth-order valence-electron chi connectivity index (χ4n) is 2.95. The fraction of sp³-hybridized carbons (Fsp3) is 0.263. The summed E-state index contributed by atoms with van der Waals surface area (Å²) >= 11 is 0. The van der Waals surface area contributed by atoms with Crippen LogP contribution in [-0.2, 0) is 14.8 Å². The second kappa shape index (κ2) is 7.51. The normalized spacial score (nSPS) is 11.4. The summed E-state index contributed by atoms with van der Waals surface area (Å²) in [7, 11) is -0.278. The second-order valence-corrected chi connectivity index (χ2v) is 7.97. The number of nitrogens with zero attached hydrogens (tertiary/aromatic N) is 2. The van der Waals surface area contributed by atoms with Gasteiger partial charge in [-0.05, 0) is 26.0 Å². The van der Waals surface area contributed by atoms with Crippen molar-refractivity contribution in [2.75, 3.05) is 30.3 Å². The molecule has 0 fully saturated rings. The molecule has 0 radical (unpaired) electrons. The summed E-state index contributed by atoms with van der Waals surface area (Å²) in [4.78, 5) is 14.1. The number of aryl methyl sites for hydroxylation is 1. The maximum Gasteiger partial charge on any atom is 0.345 e. The molecule has 3 rings (SSSR count). The number of carbonyl (C=O) groups is 1. The second-order valence-electron chi connectivity index (χ2n) is 6.32. The Hall–Kier alpha value is -3.07. The Labute approximate surface area is 163 Å². The molecule has 0 aliphatic heterocycles. The molecule has 0 aliphatic rings. The van der Waals surface area contributed by atoms with Crippen LogP contribution in [0.1, 0.15) is 23.0 Å². The highest BCUT2D eigenvalue weighted by molar-refractivity contribution is 7.93. The number of nitrogens with one attached hydrogen (secondary N) is 1. The van der Waals surface area contributed by atoms with E-state index in [0.29, 0.717) is 5.39 Å². The number of sulfonamides is 1. The Balaban J connectivity index is 2.09. The predicted molar refractivity (Wildman–Crippen MR) is 106 cm³/mol. The Morgan fingerprint density at radius 2 is 1.86 bits per heavy atom. The number of esters is 1. The maximum absolute atomic E-state index is 13.1. The Bertz CT molecular complexity index is 1140. The third-order valence-corrected chi connectivity index (χ3v) is 5.59. The molecule has 2 aromatic carbocycles. The lowest BCUT2D eigenvalue weighted by atomic mass is 10.1. The van der Waals surface area contributed by atoms with Crippen molar-refractivity contribution in [3.63, 3.8) is 0 Å². The zero-order chi connectivity index (χ0) is 20.5. The number of hydrogen-bond donors (Lipinski definition) is 1. The van der Waals surface area contributed by atoms with Crippen LogP contribution in [0.4, 0.5) is 11.6 Å². The van der Waals surface area contributed by atoms with Crippen molar-refractivity contribution in [1.29, 1.82) is 0 Å². The molecule has 0 amide bonds. The van der Waals surface area contributed by atoms with Crippen LogP contribution in [0.3, 0.4) is 0 Å². The van der Waals surface area contributed by atoms with Gasteiger partial charge in [-0.15, -0.1) is 0 Å². The smallest absolute Gasteiger partial charge is 0.345 e. The van der Waals surface area contributed by atoms with Gasteiger partial charge in [-0.2, -0.15) is 0 Å². The van der Waals surface area contributed by atoms with Gasteiger partial charge >= 0.3 is 5.97 Å². The van der Waals surface area contributed by atoms with Crippen molar-refractivity contribution in [1.82, 2.24) is 5.16 Å². The highest BCUT2D eigenvalue weighted by Gasteiger charge is 2.27. The van der Waals surface area contributed by atoms with Gasteiger partial charge in [0, 0.05) is 30.6 Å². The van der Waals surface area contributed by atoms with Crippen LogP contribution in [0.5, 0.6) is 0 Å². The molecule has 3 aromatic rings. The summed E-state index contributed by atoms with van der Waals surface area (Å²) in [6, 6.07) is 10.4. The van der Waals surface area contributed by atoms with Crippen LogP contribution in [-0.4, -0.2) is 40.2 Å². The lowest BCUT2D eigenvalue weighted by molar-refractivity contribution is 0.0526. The molecule has 9 heteroatoms. The first-order chi connectivity index (χ1) is 13.3. The van der Waals surface area contributed by atoms with E-state index in [4.69, 9.17) is 9.26 Å². The standard InChI is InChI=1S/C19H21N3O5S/c1-5-26-19(23)17-12(2)20-27-18(17)21-28(24,25)16-11-7-8-13-14(16)9-6-10-15(13)22(3)4/h6-11,21H,5H2,1-4H3. The van der Waals surface area contributed by atoms with Crippen molar-refractivity contribution in [3.8, 4) is 0 Å². The molecule has 0 atom stereocenters. The Morgan fingerprint density at radius 1 is 1.18 bits per heavy atom. The molecule has 1 N–H and O–H groups in total. The van der Waals surface area contributed by atoms with Crippen molar-refractivity contribution >= 4 is 38.3 Å². The summed E-state index contributed by atoms with van der Waals surface area (Å²) in [6.45, 7) is 3.34. The zero-order valence-corrected chi connectivity index (χ0v) is 16.8. The monoisotopic (exact) mass is 403 g/mol. The topological polar surface area (TPSA) is 102 Å². The summed E-state index contributed by atoms with van der Waals surface area (Å²) in [5.74, 6) is -0.969. The van der Waals surface area contributed by atoms with E-state index in [1.54, 1.807) is 25.1 Å². The van der Waals surface area contributed by atoms with Crippen molar-refractivity contribution < 1.29 is 22.5 Å². The lowest BCUT2D eigenvalue weighted by Gasteiger charge is -2.17. The van der Waals surface area contributed by atoms with Crippen molar-refractivity contribution in [3.05, 3.63) is 47.7 Å². The van der Waals surface area contributed by atoms with E-state index in [0.717, 1.165) is 11.1 Å². The average Bonchev–Trinajstić information content (AvgIpc) is 3.00. The number of anilines is 2.